The molecule has 1 aromatic heterocycles. The Kier molecular flexibility index (Phi) is 4.93. The summed E-state index contributed by atoms with van der Waals surface area (Å²) in [6.07, 6.45) is 3.15. The van der Waals surface area contributed by atoms with E-state index in [-0.39, 0.29) is 6.04 Å². The highest BCUT2D eigenvalue weighted by Gasteiger charge is 2.16. The first-order valence-corrected chi connectivity index (χ1v) is 7.65. The first-order chi connectivity index (χ1) is 9.27. The van der Waals surface area contributed by atoms with Crippen molar-refractivity contribution in [1.29, 1.82) is 0 Å². The molecule has 0 spiro atoms. The molecule has 2 aromatic rings. The molecule has 1 atom stereocenters. The number of nitrogens with one attached hydrogen (secondary N) is 1. The molecular formula is C13H19N5S. The van der Waals surface area contributed by atoms with Gasteiger partial charge in [-0.2, -0.15) is 4.68 Å². The Morgan fingerprint density at radius 2 is 2.16 bits per heavy atom. The number of hydrogen-bond donors (Lipinski definition) is 1. The van der Waals surface area contributed by atoms with Crippen molar-refractivity contribution in [3.8, 4) is 5.69 Å². The monoisotopic (exact) mass is 277 g/mol. The fourth-order valence-corrected chi connectivity index (χ4v) is 2.47. The Bertz CT molecular complexity index is 525. The van der Waals surface area contributed by atoms with Crippen molar-refractivity contribution in [1.82, 2.24) is 25.5 Å². The number of thioether (sulfide) groups is 1. The predicted molar refractivity (Wildman–Crippen MR) is 77.6 cm³/mol. The van der Waals surface area contributed by atoms with Gasteiger partial charge in [-0.1, -0.05) is 19.1 Å². The Labute approximate surface area is 117 Å². The molecule has 1 N–H and O–H groups in total. The Hall–Kier alpha value is -1.40. The summed E-state index contributed by atoms with van der Waals surface area (Å²) in [6, 6.07) is 8.28. The van der Waals surface area contributed by atoms with Gasteiger partial charge in [-0.15, -0.1) is 16.9 Å². The molecule has 0 bridgehead atoms. The molecule has 0 aliphatic rings. The molecule has 0 aliphatic carbocycles. The van der Waals surface area contributed by atoms with Crippen LogP contribution < -0.4 is 5.32 Å². The fourth-order valence-electron chi connectivity index (χ4n) is 1.89. The fraction of sp³-hybridized carbons (Fsp3) is 0.462. The molecule has 1 heterocycles. The number of para-hydroxylation sites is 1. The minimum atomic E-state index is 0.130. The molecule has 5 nitrogen and oxygen atoms in total. The zero-order chi connectivity index (χ0) is 13.7. The number of hydrogen-bond acceptors (Lipinski definition) is 5. The molecule has 0 aliphatic heterocycles. The quantitative estimate of drug-likeness (QED) is 0.822. The molecule has 1 aromatic carbocycles. The lowest BCUT2D eigenvalue weighted by molar-refractivity contribution is 0.530. The number of rotatable bonds is 6. The normalized spacial score (nSPS) is 12.6. The van der Waals surface area contributed by atoms with Crippen LogP contribution in [0.3, 0.4) is 0 Å². The molecule has 0 saturated heterocycles. The maximum atomic E-state index is 4.15. The van der Waals surface area contributed by atoms with Crippen LogP contribution >= 0.6 is 11.8 Å². The average Bonchev–Trinajstić information content (AvgIpc) is 2.94. The Balaban J connectivity index is 2.33. The van der Waals surface area contributed by atoms with E-state index in [0.717, 1.165) is 24.5 Å². The second kappa shape index (κ2) is 6.68. The van der Waals surface area contributed by atoms with Crippen LogP contribution in [-0.2, 0) is 0 Å². The zero-order valence-corrected chi connectivity index (χ0v) is 12.3. The van der Waals surface area contributed by atoms with Gasteiger partial charge in [0, 0.05) is 4.90 Å². The minimum Gasteiger partial charge on any atom is -0.307 e. The summed E-state index contributed by atoms with van der Waals surface area (Å²) in [5.74, 6) is 0.843. The summed E-state index contributed by atoms with van der Waals surface area (Å²) in [7, 11) is 0. The van der Waals surface area contributed by atoms with Gasteiger partial charge < -0.3 is 5.32 Å². The van der Waals surface area contributed by atoms with Crippen molar-refractivity contribution < 1.29 is 0 Å². The van der Waals surface area contributed by atoms with Gasteiger partial charge in [0.1, 0.15) is 0 Å². The standard InChI is InChI=1S/C13H19N5S/c1-4-9-14-10(2)13-15-16-17-18(13)11-7-5-6-8-12(11)19-3/h5-8,10,14H,4,9H2,1-3H3. The van der Waals surface area contributed by atoms with Crippen molar-refractivity contribution in [2.24, 2.45) is 0 Å². The lowest BCUT2D eigenvalue weighted by Gasteiger charge is -2.14. The highest BCUT2D eigenvalue weighted by atomic mass is 32.2. The molecule has 102 valence electrons. The van der Waals surface area contributed by atoms with Crippen LogP contribution in [0.15, 0.2) is 29.2 Å². The van der Waals surface area contributed by atoms with Gasteiger partial charge in [-0.25, -0.2) is 0 Å². The zero-order valence-electron chi connectivity index (χ0n) is 11.5. The maximum absolute atomic E-state index is 4.15. The highest BCUT2D eigenvalue weighted by molar-refractivity contribution is 7.98. The number of tetrazole rings is 1. The summed E-state index contributed by atoms with van der Waals surface area (Å²) >= 11 is 1.70. The SMILES string of the molecule is CCCNC(C)c1nnnn1-c1ccccc1SC. The van der Waals surface area contributed by atoms with Crippen LogP contribution in [0.5, 0.6) is 0 Å². The van der Waals surface area contributed by atoms with Gasteiger partial charge in [0.2, 0.25) is 0 Å². The van der Waals surface area contributed by atoms with Gasteiger partial charge in [0.05, 0.1) is 11.7 Å². The van der Waals surface area contributed by atoms with E-state index in [1.165, 1.54) is 4.90 Å². The lowest BCUT2D eigenvalue weighted by atomic mass is 10.2. The molecule has 0 fully saturated rings. The van der Waals surface area contributed by atoms with Crippen molar-refractivity contribution in [3.63, 3.8) is 0 Å². The van der Waals surface area contributed by atoms with E-state index < -0.39 is 0 Å². The Morgan fingerprint density at radius 1 is 1.37 bits per heavy atom. The molecule has 0 amide bonds. The average molecular weight is 277 g/mol. The van der Waals surface area contributed by atoms with Crippen LogP contribution in [0, 0.1) is 0 Å². The van der Waals surface area contributed by atoms with Gasteiger partial charge in [0.25, 0.3) is 0 Å². The summed E-state index contributed by atoms with van der Waals surface area (Å²) in [5.41, 5.74) is 1.03. The lowest BCUT2D eigenvalue weighted by Crippen LogP contribution is -2.22. The predicted octanol–water partition coefficient (Wildman–Crippen LogP) is 2.44. The third-order valence-corrected chi connectivity index (χ3v) is 3.68. The molecule has 6 heteroatoms. The third-order valence-electron chi connectivity index (χ3n) is 2.89. The molecule has 0 saturated carbocycles. The number of aromatic nitrogens is 4. The van der Waals surface area contributed by atoms with E-state index in [9.17, 15) is 0 Å². The second-order valence-electron chi connectivity index (χ2n) is 4.30. The van der Waals surface area contributed by atoms with E-state index in [1.807, 2.05) is 22.9 Å². The summed E-state index contributed by atoms with van der Waals surface area (Å²) < 4.78 is 1.82. The summed E-state index contributed by atoms with van der Waals surface area (Å²) in [6.45, 7) is 5.18. The van der Waals surface area contributed by atoms with Crippen molar-refractivity contribution in [2.75, 3.05) is 12.8 Å². The molecular weight excluding hydrogens is 258 g/mol. The molecule has 0 radical (unpaired) electrons. The van der Waals surface area contributed by atoms with Crippen LogP contribution in [-0.4, -0.2) is 33.0 Å². The van der Waals surface area contributed by atoms with Crippen molar-refractivity contribution in [3.05, 3.63) is 30.1 Å². The summed E-state index contributed by atoms with van der Waals surface area (Å²) in [5, 5.41) is 15.5. The number of benzene rings is 1. The molecule has 19 heavy (non-hydrogen) atoms. The topological polar surface area (TPSA) is 55.6 Å². The third kappa shape index (κ3) is 3.13. The van der Waals surface area contributed by atoms with Crippen LogP contribution in [0.2, 0.25) is 0 Å². The van der Waals surface area contributed by atoms with Crippen LogP contribution in [0.4, 0.5) is 0 Å². The smallest absolute Gasteiger partial charge is 0.173 e. The highest BCUT2D eigenvalue weighted by Crippen LogP contribution is 2.24. The van der Waals surface area contributed by atoms with Gasteiger partial charge in [0.15, 0.2) is 5.82 Å². The first-order valence-electron chi connectivity index (χ1n) is 6.43. The summed E-state index contributed by atoms with van der Waals surface area (Å²) in [4.78, 5) is 1.17. The van der Waals surface area contributed by atoms with Crippen LogP contribution in [0.25, 0.3) is 5.69 Å². The Morgan fingerprint density at radius 3 is 2.89 bits per heavy atom. The van der Waals surface area contributed by atoms with E-state index in [0.29, 0.717) is 0 Å². The second-order valence-corrected chi connectivity index (χ2v) is 5.14. The largest absolute Gasteiger partial charge is 0.307 e. The molecule has 1 unspecified atom stereocenters. The van der Waals surface area contributed by atoms with Crippen molar-refractivity contribution in [2.45, 2.75) is 31.2 Å². The van der Waals surface area contributed by atoms with Gasteiger partial charge >= 0.3 is 0 Å². The van der Waals surface area contributed by atoms with E-state index in [2.05, 4.69) is 47.0 Å². The maximum Gasteiger partial charge on any atom is 0.173 e. The first kappa shape index (κ1) is 14.0. The van der Waals surface area contributed by atoms with Crippen LogP contribution in [0.1, 0.15) is 32.1 Å². The van der Waals surface area contributed by atoms with Gasteiger partial charge in [-0.05, 0) is 48.7 Å². The van der Waals surface area contributed by atoms with E-state index in [1.54, 1.807) is 11.8 Å². The van der Waals surface area contributed by atoms with E-state index in [4.69, 9.17) is 0 Å². The minimum absolute atomic E-state index is 0.130. The van der Waals surface area contributed by atoms with Gasteiger partial charge in [-0.3, -0.25) is 0 Å². The molecule has 2 rings (SSSR count). The number of nitrogens with zero attached hydrogens (tertiary/aromatic N) is 4. The van der Waals surface area contributed by atoms with Crippen molar-refractivity contribution >= 4 is 11.8 Å². The van der Waals surface area contributed by atoms with E-state index >= 15 is 0 Å².